The number of nitrogens with zero attached hydrogens (tertiary/aromatic N) is 3. The van der Waals surface area contributed by atoms with Gasteiger partial charge in [0.15, 0.2) is 0 Å². The number of hydrogen-bond acceptors (Lipinski definition) is 5. The molecule has 1 aromatic heterocycles. The summed E-state index contributed by atoms with van der Waals surface area (Å²) >= 11 is 0. The fourth-order valence-corrected chi connectivity index (χ4v) is 4.53. The van der Waals surface area contributed by atoms with Crippen LogP contribution in [0.2, 0.25) is 0 Å². The van der Waals surface area contributed by atoms with E-state index in [1.54, 1.807) is 0 Å². The Morgan fingerprint density at radius 1 is 0.972 bits per heavy atom. The second kappa shape index (κ2) is 11.0. The van der Waals surface area contributed by atoms with Crippen molar-refractivity contribution in [3.8, 4) is 11.4 Å². The summed E-state index contributed by atoms with van der Waals surface area (Å²) in [5.41, 5.74) is 3.82. The predicted molar refractivity (Wildman–Crippen MR) is 136 cm³/mol. The van der Waals surface area contributed by atoms with E-state index in [2.05, 4.69) is 15.5 Å². The van der Waals surface area contributed by atoms with Crippen molar-refractivity contribution in [2.24, 2.45) is 0 Å². The third-order valence-corrected chi connectivity index (χ3v) is 6.45. The summed E-state index contributed by atoms with van der Waals surface area (Å²) in [7, 11) is 0. The number of carbonyl (C=O) groups excluding carboxylic acids is 2. The van der Waals surface area contributed by atoms with Crippen LogP contribution in [0, 0.1) is 0 Å². The Labute approximate surface area is 210 Å². The molecule has 1 atom stereocenters. The number of hydrogen-bond donors (Lipinski definition) is 1. The van der Waals surface area contributed by atoms with Crippen LogP contribution in [0.25, 0.3) is 11.4 Å². The predicted octanol–water partition coefficient (Wildman–Crippen LogP) is 4.62. The van der Waals surface area contributed by atoms with E-state index in [4.69, 9.17) is 4.52 Å². The van der Waals surface area contributed by atoms with E-state index in [0.29, 0.717) is 50.6 Å². The first kappa shape index (κ1) is 23.5. The van der Waals surface area contributed by atoms with Crippen LogP contribution in [-0.2, 0) is 17.8 Å². The topological polar surface area (TPSA) is 88.3 Å². The van der Waals surface area contributed by atoms with Gasteiger partial charge in [0.2, 0.25) is 17.6 Å². The Morgan fingerprint density at radius 3 is 2.47 bits per heavy atom. The van der Waals surface area contributed by atoms with Crippen molar-refractivity contribution in [2.75, 3.05) is 13.1 Å². The number of aryl methyl sites for hydroxylation is 1. The molecule has 1 aliphatic rings. The average Bonchev–Trinajstić information content (AvgIpc) is 3.52. The van der Waals surface area contributed by atoms with Gasteiger partial charge < -0.3 is 14.7 Å². The number of aromatic nitrogens is 2. The fourth-order valence-electron chi connectivity index (χ4n) is 4.53. The minimum Gasteiger partial charge on any atom is -0.355 e. The molecule has 0 aliphatic carbocycles. The highest BCUT2D eigenvalue weighted by atomic mass is 16.5. The number of nitrogens with one attached hydrogen (secondary N) is 1. The minimum absolute atomic E-state index is 0.00205. The first-order valence-electron chi connectivity index (χ1n) is 12.2. The van der Waals surface area contributed by atoms with Crippen LogP contribution in [0.15, 0.2) is 89.5 Å². The number of fused-ring (bicyclic) bond motifs is 1. The molecule has 0 saturated carbocycles. The molecule has 3 aromatic carbocycles. The van der Waals surface area contributed by atoms with Gasteiger partial charge in [0.05, 0.1) is 0 Å². The molecule has 4 aromatic rings. The molecule has 0 fully saturated rings. The normalized spacial score (nSPS) is 13.4. The second-order valence-electron chi connectivity index (χ2n) is 8.99. The van der Waals surface area contributed by atoms with Crippen molar-refractivity contribution < 1.29 is 14.1 Å². The standard InChI is InChI=1S/C29H28N4O3/c34-26(16-9-17-27-31-28(32-36-27)22-12-5-2-6-13-22)30-18-24(21-10-3-1-4-11-21)20-33-19-23-14-7-8-15-25(23)29(33)35/h1-8,10-15,24H,9,16-20H2,(H,30,34)/t24-/m0/s1. The highest BCUT2D eigenvalue weighted by Gasteiger charge is 2.29. The van der Waals surface area contributed by atoms with E-state index in [1.807, 2.05) is 89.8 Å². The van der Waals surface area contributed by atoms with Crippen molar-refractivity contribution >= 4 is 11.8 Å². The summed E-state index contributed by atoms with van der Waals surface area (Å²) < 4.78 is 5.34. The summed E-state index contributed by atoms with van der Waals surface area (Å²) in [6.07, 6.45) is 1.51. The van der Waals surface area contributed by atoms with Gasteiger partial charge in [-0.15, -0.1) is 0 Å². The molecule has 0 radical (unpaired) electrons. The third-order valence-electron chi connectivity index (χ3n) is 6.45. The van der Waals surface area contributed by atoms with Crippen LogP contribution in [-0.4, -0.2) is 39.9 Å². The van der Waals surface area contributed by atoms with Gasteiger partial charge in [-0.3, -0.25) is 9.59 Å². The zero-order chi connectivity index (χ0) is 24.7. The van der Waals surface area contributed by atoms with Gasteiger partial charge in [0.25, 0.3) is 5.91 Å². The van der Waals surface area contributed by atoms with Crippen LogP contribution in [0.5, 0.6) is 0 Å². The summed E-state index contributed by atoms with van der Waals surface area (Å²) in [5, 5.41) is 7.09. The maximum Gasteiger partial charge on any atom is 0.254 e. The van der Waals surface area contributed by atoms with E-state index in [9.17, 15) is 9.59 Å². The SMILES string of the molecule is O=C(CCCc1nc(-c2ccccc2)no1)NC[C@@H](CN1Cc2ccccc2C1=O)c1ccccc1. The Bertz CT molecular complexity index is 1320. The maximum atomic E-state index is 12.9. The van der Waals surface area contributed by atoms with Gasteiger partial charge in [0.1, 0.15) is 0 Å². The molecule has 7 heteroatoms. The molecule has 1 N–H and O–H groups in total. The van der Waals surface area contributed by atoms with Crippen molar-refractivity contribution in [3.63, 3.8) is 0 Å². The van der Waals surface area contributed by atoms with Gasteiger partial charge in [0, 0.05) is 49.5 Å². The number of rotatable bonds is 10. The van der Waals surface area contributed by atoms with Gasteiger partial charge in [-0.05, 0) is 23.6 Å². The molecule has 2 amide bonds. The highest BCUT2D eigenvalue weighted by molar-refractivity contribution is 5.98. The molecule has 0 unspecified atom stereocenters. The van der Waals surface area contributed by atoms with Crippen molar-refractivity contribution in [1.82, 2.24) is 20.4 Å². The highest BCUT2D eigenvalue weighted by Crippen LogP contribution is 2.26. The summed E-state index contributed by atoms with van der Waals surface area (Å²) in [6.45, 7) is 1.60. The lowest BCUT2D eigenvalue weighted by Crippen LogP contribution is -2.35. The van der Waals surface area contributed by atoms with Crippen LogP contribution >= 0.6 is 0 Å². The first-order valence-corrected chi connectivity index (χ1v) is 12.2. The molecular weight excluding hydrogens is 452 g/mol. The number of carbonyl (C=O) groups is 2. The molecule has 0 spiro atoms. The Hall–Kier alpha value is -4.26. The van der Waals surface area contributed by atoms with Crippen LogP contribution in [0.3, 0.4) is 0 Å². The lowest BCUT2D eigenvalue weighted by Gasteiger charge is -2.24. The molecule has 36 heavy (non-hydrogen) atoms. The molecular formula is C29H28N4O3. The maximum absolute atomic E-state index is 12.9. The fraction of sp³-hybridized carbons (Fsp3) is 0.241. The van der Waals surface area contributed by atoms with E-state index in [-0.39, 0.29) is 17.7 Å². The van der Waals surface area contributed by atoms with Gasteiger partial charge >= 0.3 is 0 Å². The molecule has 1 aliphatic heterocycles. The van der Waals surface area contributed by atoms with E-state index >= 15 is 0 Å². The number of amides is 2. The monoisotopic (exact) mass is 480 g/mol. The Kier molecular flexibility index (Phi) is 7.17. The molecule has 182 valence electrons. The zero-order valence-electron chi connectivity index (χ0n) is 20.0. The van der Waals surface area contributed by atoms with Crippen molar-refractivity contribution in [1.29, 1.82) is 0 Å². The quantitative estimate of drug-likeness (QED) is 0.358. The Morgan fingerprint density at radius 2 is 1.69 bits per heavy atom. The summed E-state index contributed by atoms with van der Waals surface area (Å²) in [6, 6.07) is 27.4. The lowest BCUT2D eigenvalue weighted by atomic mass is 9.98. The van der Waals surface area contributed by atoms with Gasteiger partial charge in [-0.2, -0.15) is 4.98 Å². The molecule has 2 heterocycles. The van der Waals surface area contributed by atoms with E-state index in [1.165, 1.54) is 0 Å². The van der Waals surface area contributed by atoms with E-state index in [0.717, 1.165) is 22.3 Å². The summed E-state index contributed by atoms with van der Waals surface area (Å²) in [4.78, 5) is 31.8. The van der Waals surface area contributed by atoms with Crippen LogP contribution in [0.1, 0.15) is 46.1 Å². The Balaban J connectivity index is 1.14. The molecule has 0 saturated heterocycles. The van der Waals surface area contributed by atoms with Gasteiger partial charge in [-0.25, -0.2) is 0 Å². The molecule has 0 bridgehead atoms. The molecule has 5 rings (SSSR count). The van der Waals surface area contributed by atoms with Crippen LogP contribution in [0.4, 0.5) is 0 Å². The first-order chi connectivity index (χ1) is 17.7. The summed E-state index contributed by atoms with van der Waals surface area (Å²) in [5.74, 6) is 1.09. The van der Waals surface area contributed by atoms with Crippen LogP contribution < -0.4 is 5.32 Å². The second-order valence-corrected chi connectivity index (χ2v) is 8.99. The van der Waals surface area contributed by atoms with Crippen molar-refractivity contribution in [2.45, 2.75) is 31.7 Å². The third kappa shape index (κ3) is 5.51. The average molecular weight is 481 g/mol. The van der Waals surface area contributed by atoms with Gasteiger partial charge in [-0.1, -0.05) is 84.0 Å². The largest absolute Gasteiger partial charge is 0.355 e. The minimum atomic E-state index is -0.0326. The number of benzene rings is 3. The smallest absolute Gasteiger partial charge is 0.254 e. The lowest BCUT2D eigenvalue weighted by molar-refractivity contribution is -0.121. The van der Waals surface area contributed by atoms with Crippen molar-refractivity contribution in [3.05, 3.63) is 108 Å². The molecule has 7 nitrogen and oxygen atoms in total. The van der Waals surface area contributed by atoms with E-state index < -0.39 is 0 Å². The zero-order valence-corrected chi connectivity index (χ0v) is 20.0.